The number of fused-ring (bicyclic) bond motifs is 1. The number of amides is 1. The van der Waals surface area contributed by atoms with Gasteiger partial charge in [-0.25, -0.2) is 9.18 Å². The Hall–Kier alpha value is -2.13. The van der Waals surface area contributed by atoms with Gasteiger partial charge in [-0.2, -0.15) is 5.10 Å². The van der Waals surface area contributed by atoms with E-state index in [2.05, 4.69) is 5.10 Å². The number of hydrogen-bond acceptors (Lipinski definition) is 4. The van der Waals surface area contributed by atoms with Crippen molar-refractivity contribution in [2.45, 2.75) is 57.8 Å². The summed E-state index contributed by atoms with van der Waals surface area (Å²) < 4.78 is 28.6. The molecule has 0 atom stereocenters. The zero-order valence-corrected chi connectivity index (χ0v) is 16.6. The second-order valence-corrected chi connectivity index (χ2v) is 8.64. The first kappa shape index (κ1) is 19.2. The van der Waals surface area contributed by atoms with Gasteiger partial charge in [0.15, 0.2) is 5.82 Å². The summed E-state index contributed by atoms with van der Waals surface area (Å²) in [6, 6.07) is 3.34. The van der Waals surface area contributed by atoms with Gasteiger partial charge in [0.1, 0.15) is 5.52 Å². The lowest BCUT2D eigenvalue weighted by Crippen LogP contribution is -2.41. The van der Waals surface area contributed by atoms with Crippen LogP contribution in [0.4, 0.5) is 9.18 Å². The van der Waals surface area contributed by atoms with Crippen LogP contribution in [-0.2, 0) is 9.31 Å². The van der Waals surface area contributed by atoms with E-state index in [-0.39, 0.29) is 6.04 Å². The van der Waals surface area contributed by atoms with E-state index in [1.807, 2.05) is 40.0 Å². The van der Waals surface area contributed by atoms with Crippen LogP contribution in [-0.4, -0.2) is 57.3 Å². The van der Waals surface area contributed by atoms with Crippen molar-refractivity contribution >= 4 is 29.6 Å². The molecule has 2 saturated heterocycles. The summed E-state index contributed by atoms with van der Waals surface area (Å²) in [6.45, 7) is 8.76. The van der Waals surface area contributed by atoms with Crippen LogP contribution in [0.3, 0.4) is 0 Å². The predicted molar refractivity (Wildman–Crippen MR) is 103 cm³/mol. The molecule has 0 unspecified atom stereocenters. The molecule has 2 fully saturated rings. The van der Waals surface area contributed by atoms with E-state index >= 15 is 0 Å². The summed E-state index contributed by atoms with van der Waals surface area (Å²) in [5, 5.41) is 14.2. The molecule has 1 N–H and O–H groups in total. The molecule has 3 heterocycles. The van der Waals surface area contributed by atoms with Gasteiger partial charge < -0.3 is 19.3 Å². The lowest BCUT2D eigenvalue weighted by atomic mass is 9.78. The second kappa shape index (κ2) is 6.45. The largest absolute Gasteiger partial charge is 0.494 e. The Balaban J connectivity index is 1.60. The van der Waals surface area contributed by atoms with Gasteiger partial charge in [-0.3, -0.25) is 4.68 Å². The number of halogens is 1. The van der Waals surface area contributed by atoms with Crippen molar-refractivity contribution in [3.8, 4) is 0 Å². The monoisotopic (exact) mass is 389 g/mol. The van der Waals surface area contributed by atoms with Crippen molar-refractivity contribution in [1.29, 1.82) is 0 Å². The highest BCUT2D eigenvalue weighted by Gasteiger charge is 2.51. The fourth-order valence-corrected chi connectivity index (χ4v) is 3.76. The first-order valence-corrected chi connectivity index (χ1v) is 9.59. The number of piperidine rings is 1. The van der Waals surface area contributed by atoms with Crippen LogP contribution in [0.2, 0.25) is 0 Å². The Kier molecular flexibility index (Phi) is 4.43. The van der Waals surface area contributed by atoms with Crippen LogP contribution >= 0.6 is 0 Å². The van der Waals surface area contributed by atoms with Gasteiger partial charge in [0.05, 0.1) is 17.2 Å². The van der Waals surface area contributed by atoms with Crippen molar-refractivity contribution < 1.29 is 23.6 Å². The van der Waals surface area contributed by atoms with E-state index in [1.165, 1.54) is 11.0 Å². The molecule has 1 amide bonds. The number of likely N-dealkylation sites (tertiary alicyclic amines) is 1. The van der Waals surface area contributed by atoms with Crippen molar-refractivity contribution in [3.63, 3.8) is 0 Å². The molecule has 0 radical (unpaired) electrons. The van der Waals surface area contributed by atoms with E-state index in [0.717, 1.165) is 0 Å². The van der Waals surface area contributed by atoms with E-state index in [4.69, 9.17) is 14.4 Å². The van der Waals surface area contributed by atoms with Gasteiger partial charge in [0.25, 0.3) is 0 Å². The molecular weight excluding hydrogens is 364 g/mol. The SMILES string of the molecule is CC1(C)OB(c2cc(F)c3nn(C4CCN(C(=O)O)CC4)cc3c2)OC1(C)C. The Morgan fingerprint density at radius 3 is 2.39 bits per heavy atom. The third kappa shape index (κ3) is 3.16. The number of carbonyl (C=O) groups is 1. The molecule has 2 aliphatic rings. The summed E-state index contributed by atoms with van der Waals surface area (Å²) >= 11 is 0. The Morgan fingerprint density at radius 2 is 1.82 bits per heavy atom. The highest BCUT2D eigenvalue weighted by atomic mass is 19.1. The lowest BCUT2D eigenvalue weighted by Gasteiger charge is -2.32. The number of hydrogen-bond donors (Lipinski definition) is 1. The number of aromatic nitrogens is 2. The number of rotatable bonds is 2. The molecule has 0 aliphatic carbocycles. The zero-order chi connectivity index (χ0) is 20.3. The first-order valence-electron chi connectivity index (χ1n) is 9.59. The maximum atomic E-state index is 14.8. The van der Waals surface area contributed by atoms with Crippen LogP contribution in [0.1, 0.15) is 46.6 Å². The van der Waals surface area contributed by atoms with Crippen molar-refractivity contribution in [3.05, 3.63) is 24.1 Å². The first-order chi connectivity index (χ1) is 13.1. The summed E-state index contributed by atoms with van der Waals surface area (Å²) in [5.41, 5.74) is -0.0543. The van der Waals surface area contributed by atoms with Crippen LogP contribution in [0.5, 0.6) is 0 Å². The molecule has 4 rings (SSSR count). The summed E-state index contributed by atoms with van der Waals surface area (Å²) in [4.78, 5) is 12.5. The van der Waals surface area contributed by atoms with Crippen LogP contribution in [0.25, 0.3) is 10.9 Å². The van der Waals surface area contributed by atoms with E-state index < -0.39 is 30.2 Å². The molecule has 7 nitrogen and oxygen atoms in total. The molecule has 2 aliphatic heterocycles. The maximum absolute atomic E-state index is 14.8. The third-order valence-electron chi connectivity index (χ3n) is 6.24. The van der Waals surface area contributed by atoms with Crippen molar-refractivity contribution in [2.24, 2.45) is 0 Å². The average Bonchev–Trinajstić information content (AvgIpc) is 3.14. The fraction of sp³-hybridized carbons (Fsp3) is 0.579. The molecule has 1 aromatic carbocycles. The van der Waals surface area contributed by atoms with Crippen molar-refractivity contribution in [1.82, 2.24) is 14.7 Å². The highest BCUT2D eigenvalue weighted by molar-refractivity contribution is 6.62. The van der Waals surface area contributed by atoms with E-state index in [1.54, 1.807) is 4.68 Å². The Bertz CT molecular complexity index is 905. The Labute approximate surface area is 163 Å². The van der Waals surface area contributed by atoms with Gasteiger partial charge in [0, 0.05) is 24.7 Å². The minimum atomic E-state index is -0.901. The second-order valence-electron chi connectivity index (χ2n) is 8.64. The summed E-state index contributed by atoms with van der Waals surface area (Å²) in [7, 11) is -0.633. The Morgan fingerprint density at radius 1 is 1.21 bits per heavy atom. The lowest BCUT2D eigenvalue weighted by molar-refractivity contribution is 0.00578. The summed E-state index contributed by atoms with van der Waals surface area (Å²) in [5.74, 6) is -0.413. The molecule has 0 saturated carbocycles. The topological polar surface area (TPSA) is 76.8 Å². The van der Waals surface area contributed by atoms with Gasteiger partial charge in [-0.15, -0.1) is 0 Å². The van der Waals surface area contributed by atoms with Crippen molar-refractivity contribution in [2.75, 3.05) is 13.1 Å². The van der Waals surface area contributed by atoms with Gasteiger partial charge in [-0.1, -0.05) is 6.07 Å². The minimum Gasteiger partial charge on any atom is -0.465 e. The van der Waals surface area contributed by atoms with Gasteiger partial charge in [0.2, 0.25) is 0 Å². The fourth-order valence-electron chi connectivity index (χ4n) is 3.76. The van der Waals surface area contributed by atoms with E-state index in [0.29, 0.717) is 42.3 Å². The number of benzene rings is 1. The predicted octanol–water partition coefficient (Wildman–Crippen LogP) is 2.79. The average molecular weight is 389 g/mol. The molecule has 1 aromatic heterocycles. The smallest absolute Gasteiger partial charge is 0.465 e. The molecule has 150 valence electrons. The van der Waals surface area contributed by atoms with Gasteiger partial charge in [-0.05, 0) is 52.1 Å². The number of carboxylic acid groups (broad SMARTS) is 1. The molecule has 2 aromatic rings. The maximum Gasteiger partial charge on any atom is 0.494 e. The quantitative estimate of drug-likeness (QED) is 0.800. The third-order valence-corrected chi connectivity index (χ3v) is 6.24. The zero-order valence-electron chi connectivity index (χ0n) is 16.6. The number of nitrogens with zero attached hydrogens (tertiary/aromatic N) is 3. The summed E-state index contributed by atoms with van der Waals surface area (Å²) in [6.07, 6.45) is 2.24. The normalized spacial score (nSPS) is 22.2. The highest BCUT2D eigenvalue weighted by Crippen LogP contribution is 2.36. The van der Waals surface area contributed by atoms with E-state index in [9.17, 15) is 9.18 Å². The molecule has 0 spiro atoms. The standard InChI is InChI=1S/C19H25BFN3O4/c1-18(2)19(3,4)28-20(27-18)13-9-12-11-24(22-16(12)15(21)10-13)14-5-7-23(8-6-14)17(25)26/h9-11,14H,5-8H2,1-4H3,(H,25,26). The van der Waals surface area contributed by atoms with Gasteiger partial charge >= 0.3 is 13.2 Å². The minimum absolute atomic E-state index is 0.0581. The van der Waals surface area contributed by atoms with Crippen LogP contribution in [0.15, 0.2) is 18.3 Å². The van der Waals surface area contributed by atoms with Crippen LogP contribution in [0, 0.1) is 5.82 Å². The molecular formula is C19H25BFN3O4. The molecule has 28 heavy (non-hydrogen) atoms. The molecule has 0 bridgehead atoms. The van der Waals surface area contributed by atoms with Crippen LogP contribution < -0.4 is 5.46 Å². The molecule has 9 heteroatoms.